The highest BCUT2D eigenvalue weighted by Crippen LogP contribution is 2.20. The molecule has 0 saturated carbocycles. The summed E-state index contributed by atoms with van der Waals surface area (Å²) in [5.41, 5.74) is 1.16. The first-order chi connectivity index (χ1) is 6.63. The van der Waals surface area contributed by atoms with Crippen LogP contribution in [-0.4, -0.2) is 11.5 Å². The number of nitrogens with zero attached hydrogens (tertiary/aromatic N) is 1. The number of hydrogen-bond donors (Lipinski definition) is 1. The van der Waals surface area contributed by atoms with Crippen molar-refractivity contribution >= 4 is 11.3 Å². The smallest absolute Gasteiger partial charge is 0.109 e. The maximum atomic E-state index is 4.39. The Morgan fingerprint density at radius 3 is 2.93 bits per heavy atom. The Bertz CT molecular complexity index is 304. The molecule has 0 fully saturated rings. The summed E-state index contributed by atoms with van der Waals surface area (Å²) in [6.07, 6.45) is 3.05. The lowest BCUT2D eigenvalue weighted by atomic mass is 10.3. The van der Waals surface area contributed by atoms with E-state index < -0.39 is 0 Å². The quantitative estimate of drug-likeness (QED) is 0.756. The zero-order valence-corrected chi connectivity index (χ0v) is 9.95. The summed E-state index contributed by atoms with van der Waals surface area (Å²) in [5, 5.41) is 4.55. The van der Waals surface area contributed by atoms with Crippen LogP contribution >= 0.6 is 11.3 Å². The van der Waals surface area contributed by atoms with Crippen molar-refractivity contribution in [2.24, 2.45) is 0 Å². The summed E-state index contributed by atoms with van der Waals surface area (Å²) in [7, 11) is 0. The lowest BCUT2D eigenvalue weighted by Gasteiger charge is -2.10. The standard InChI is InChI=1S/C11H18N2S/c1-5-10-7-13-11(14-10)9(4)12-6-8(2)3/h7,9,12H,2,5-6H2,1,3-4H3. The van der Waals surface area contributed by atoms with Crippen molar-refractivity contribution in [2.75, 3.05) is 6.54 Å². The molecule has 1 heterocycles. The van der Waals surface area contributed by atoms with Gasteiger partial charge in [0.15, 0.2) is 0 Å². The monoisotopic (exact) mass is 210 g/mol. The molecule has 0 aliphatic rings. The van der Waals surface area contributed by atoms with E-state index >= 15 is 0 Å². The molecule has 0 bridgehead atoms. The Balaban J connectivity index is 2.51. The van der Waals surface area contributed by atoms with E-state index in [2.05, 4.69) is 30.7 Å². The first-order valence-electron chi connectivity index (χ1n) is 4.95. The van der Waals surface area contributed by atoms with E-state index in [0.29, 0.717) is 6.04 Å². The minimum absolute atomic E-state index is 0.331. The van der Waals surface area contributed by atoms with Gasteiger partial charge in [-0.25, -0.2) is 4.98 Å². The molecule has 1 unspecified atom stereocenters. The number of nitrogens with one attached hydrogen (secondary N) is 1. The molecule has 1 atom stereocenters. The topological polar surface area (TPSA) is 24.9 Å². The van der Waals surface area contributed by atoms with Crippen LogP contribution in [0.3, 0.4) is 0 Å². The van der Waals surface area contributed by atoms with Gasteiger partial charge in [-0.2, -0.15) is 0 Å². The Labute approximate surface area is 90.1 Å². The molecule has 0 aliphatic carbocycles. The summed E-state index contributed by atoms with van der Waals surface area (Å²) in [6, 6.07) is 0.331. The van der Waals surface area contributed by atoms with Gasteiger partial charge in [0.2, 0.25) is 0 Å². The average Bonchev–Trinajstić information content (AvgIpc) is 2.62. The Kier molecular flexibility index (Phi) is 4.29. The highest BCUT2D eigenvalue weighted by molar-refractivity contribution is 7.11. The third-order valence-corrected chi connectivity index (χ3v) is 3.32. The number of aryl methyl sites for hydroxylation is 1. The van der Waals surface area contributed by atoms with Crippen LogP contribution in [0.1, 0.15) is 36.7 Å². The molecule has 14 heavy (non-hydrogen) atoms. The van der Waals surface area contributed by atoms with Gasteiger partial charge in [0.1, 0.15) is 5.01 Å². The minimum Gasteiger partial charge on any atom is -0.304 e. The molecule has 78 valence electrons. The molecule has 2 nitrogen and oxygen atoms in total. The van der Waals surface area contributed by atoms with E-state index in [1.807, 2.05) is 13.1 Å². The summed E-state index contributed by atoms with van der Waals surface area (Å²) < 4.78 is 0. The fourth-order valence-electron chi connectivity index (χ4n) is 1.10. The molecule has 0 aromatic carbocycles. The third-order valence-electron chi connectivity index (χ3n) is 2.00. The maximum Gasteiger partial charge on any atom is 0.109 e. The van der Waals surface area contributed by atoms with Crippen molar-refractivity contribution in [2.45, 2.75) is 33.2 Å². The van der Waals surface area contributed by atoms with Crippen LogP contribution in [0.15, 0.2) is 18.3 Å². The van der Waals surface area contributed by atoms with Crippen LogP contribution in [-0.2, 0) is 6.42 Å². The predicted molar refractivity (Wildman–Crippen MR) is 62.7 cm³/mol. The fraction of sp³-hybridized carbons (Fsp3) is 0.545. The van der Waals surface area contributed by atoms with E-state index in [9.17, 15) is 0 Å². The lowest BCUT2D eigenvalue weighted by molar-refractivity contribution is 0.604. The van der Waals surface area contributed by atoms with Gasteiger partial charge in [-0.15, -0.1) is 11.3 Å². The fourth-order valence-corrected chi connectivity index (χ4v) is 1.98. The van der Waals surface area contributed by atoms with Crippen LogP contribution in [0.4, 0.5) is 0 Å². The SMILES string of the molecule is C=C(C)CNC(C)c1ncc(CC)s1. The summed E-state index contributed by atoms with van der Waals surface area (Å²) >= 11 is 1.79. The van der Waals surface area contributed by atoms with Gasteiger partial charge in [-0.05, 0) is 20.3 Å². The normalized spacial score (nSPS) is 12.8. The molecule has 0 radical (unpaired) electrons. The van der Waals surface area contributed by atoms with Gasteiger partial charge in [-0.1, -0.05) is 19.1 Å². The zero-order valence-electron chi connectivity index (χ0n) is 9.13. The Morgan fingerprint density at radius 2 is 2.43 bits per heavy atom. The van der Waals surface area contributed by atoms with Crippen LogP contribution in [0.2, 0.25) is 0 Å². The molecule has 1 rings (SSSR count). The summed E-state index contributed by atoms with van der Waals surface area (Å²) in [6.45, 7) is 11.0. The van der Waals surface area contributed by atoms with Gasteiger partial charge in [-0.3, -0.25) is 0 Å². The highest BCUT2D eigenvalue weighted by atomic mass is 32.1. The molecule has 1 aromatic rings. The molecule has 0 amide bonds. The van der Waals surface area contributed by atoms with E-state index in [1.165, 1.54) is 9.88 Å². The number of rotatable bonds is 5. The molecular weight excluding hydrogens is 192 g/mol. The van der Waals surface area contributed by atoms with Crippen molar-refractivity contribution in [1.29, 1.82) is 0 Å². The van der Waals surface area contributed by atoms with E-state index in [0.717, 1.165) is 18.5 Å². The molecule has 1 aromatic heterocycles. The van der Waals surface area contributed by atoms with Crippen molar-refractivity contribution in [3.8, 4) is 0 Å². The molecule has 0 aliphatic heterocycles. The van der Waals surface area contributed by atoms with Crippen LogP contribution in [0.25, 0.3) is 0 Å². The van der Waals surface area contributed by atoms with Gasteiger partial charge in [0.25, 0.3) is 0 Å². The molecule has 0 spiro atoms. The average molecular weight is 210 g/mol. The summed E-state index contributed by atoms with van der Waals surface area (Å²) in [4.78, 5) is 5.74. The largest absolute Gasteiger partial charge is 0.304 e. The van der Waals surface area contributed by atoms with E-state index in [4.69, 9.17) is 0 Å². The van der Waals surface area contributed by atoms with Gasteiger partial charge in [0, 0.05) is 17.6 Å². The molecule has 0 saturated heterocycles. The molecule has 1 N–H and O–H groups in total. The predicted octanol–water partition coefficient (Wildman–Crippen LogP) is 2.93. The van der Waals surface area contributed by atoms with Crippen molar-refractivity contribution in [3.63, 3.8) is 0 Å². The van der Waals surface area contributed by atoms with Gasteiger partial charge >= 0.3 is 0 Å². The number of hydrogen-bond acceptors (Lipinski definition) is 3. The Hall–Kier alpha value is -0.670. The zero-order chi connectivity index (χ0) is 10.6. The van der Waals surface area contributed by atoms with Crippen molar-refractivity contribution < 1.29 is 0 Å². The second kappa shape index (κ2) is 5.27. The van der Waals surface area contributed by atoms with Crippen molar-refractivity contribution in [3.05, 3.63) is 28.2 Å². The lowest BCUT2D eigenvalue weighted by Crippen LogP contribution is -2.19. The number of aromatic nitrogens is 1. The van der Waals surface area contributed by atoms with E-state index in [1.54, 1.807) is 11.3 Å². The molecular formula is C11H18N2S. The number of thiazole rings is 1. The second-order valence-corrected chi connectivity index (χ2v) is 4.72. The van der Waals surface area contributed by atoms with Crippen molar-refractivity contribution in [1.82, 2.24) is 10.3 Å². The van der Waals surface area contributed by atoms with E-state index in [-0.39, 0.29) is 0 Å². The maximum absolute atomic E-state index is 4.39. The third kappa shape index (κ3) is 3.24. The Morgan fingerprint density at radius 1 is 1.71 bits per heavy atom. The summed E-state index contributed by atoms with van der Waals surface area (Å²) in [5.74, 6) is 0. The van der Waals surface area contributed by atoms with Gasteiger partial charge < -0.3 is 5.32 Å². The van der Waals surface area contributed by atoms with Crippen LogP contribution in [0.5, 0.6) is 0 Å². The first kappa shape index (κ1) is 11.4. The highest BCUT2D eigenvalue weighted by Gasteiger charge is 2.08. The van der Waals surface area contributed by atoms with Crippen LogP contribution < -0.4 is 5.32 Å². The molecule has 3 heteroatoms. The first-order valence-corrected chi connectivity index (χ1v) is 5.77. The van der Waals surface area contributed by atoms with Gasteiger partial charge in [0.05, 0.1) is 6.04 Å². The minimum atomic E-state index is 0.331. The van der Waals surface area contributed by atoms with Crippen LogP contribution in [0, 0.1) is 0 Å². The second-order valence-electron chi connectivity index (χ2n) is 3.58.